The van der Waals surface area contributed by atoms with E-state index in [-0.39, 0.29) is 5.82 Å². The van der Waals surface area contributed by atoms with Crippen molar-refractivity contribution in [3.05, 3.63) is 65.5 Å². The van der Waals surface area contributed by atoms with E-state index < -0.39 is 11.7 Å². The lowest BCUT2D eigenvalue weighted by atomic mass is 10.1. The summed E-state index contributed by atoms with van der Waals surface area (Å²) in [5.41, 5.74) is 2.11. The number of carbonyl (C=O) groups excluding carboxylic acids is 1. The number of amides is 1. The number of rotatable bonds is 3. The van der Waals surface area contributed by atoms with E-state index in [0.717, 1.165) is 11.1 Å². The lowest BCUT2D eigenvalue weighted by molar-refractivity contribution is 0.0577. The smallest absolute Gasteiger partial charge is 0.415 e. The molecule has 2 rings (SSSR count). The Morgan fingerprint density at radius 1 is 1.13 bits per heavy atom. The highest BCUT2D eigenvalue weighted by Crippen LogP contribution is 2.21. The largest absolute Gasteiger partial charge is 0.443 e. The number of aryl methyl sites for hydroxylation is 1. The fourth-order valence-corrected chi connectivity index (χ4v) is 2.19. The molecule has 0 aliphatic rings. The maximum atomic E-state index is 13.2. The molecule has 0 bridgehead atoms. The molecule has 0 N–H and O–H groups in total. The summed E-state index contributed by atoms with van der Waals surface area (Å²) < 4.78 is 18.6. The SMILES string of the molecule is Cc1cccc(CN(C(=O)OC(C)(C)C)c2ccc(F)cc2)c1. The maximum absolute atomic E-state index is 13.2. The van der Waals surface area contributed by atoms with E-state index in [1.807, 2.05) is 52.0 Å². The van der Waals surface area contributed by atoms with E-state index >= 15 is 0 Å². The topological polar surface area (TPSA) is 29.5 Å². The predicted molar refractivity (Wildman–Crippen MR) is 90.0 cm³/mol. The van der Waals surface area contributed by atoms with E-state index in [9.17, 15) is 9.18 Å². The predicted octanol–water partition coefficient (Wildman–Crippen LogP) is 5.08. The zero-order valence-corrected chi connectivity index (χ0v) is 14.0. The lowest BCUT2D eigenvalue weighted by Crippen LogP contribution is -2.36. The van der Waals surface area contributed by atoms with Crippen molar-refractivity contribution in [3.8, 4) is 0 Å². The van der Waals surface area contributed by atoms with Crippen molar-refractivity contribution in [2.45, 2.75) is 39.8 Å². The van der Waals surface area contributed by atoms with Crippen molar-refractivity contribution in [1.29, 1.82) is 0 Å². The fourth-order valence-electron chi connectivity index (χ4n) is 2.19. The van der Waals surface area contributed by atoms with Crippen molar-refractivity contribution in [2.75, 3.05) is 4.90 Å². The minimum Gasteiger partial charge on any atom is -0.443 e. The fraction of sp³-hybridized carbons (Fsp3) is 0.316. The normalized spacial score (nSPS) is 11.2. The van der Waals surface area contributed by atoms with Gasteiger partial charge in [-0.25, -0.2) is 9.18 Å². The average Bonchev–Trinajstić information content (AvgIpc) is 2.44. The number of nitrogens with zero attached hydrogens (tertiary/aromatic N) is 1. The van der Waals surface area contributed by atoms with Gasteiger partial charge in [-0.1, -0.05) is 29.8 Å². The lowest BCUT2D eigenvalue weighted by Gasteiger charge is -2.27. The zero-order chi connectivity index (χ0) is 17.0. The van der Waals surface area contributed by atoms with Crippen molar-refractivity contribution in [2.24, 2.45) is 0 Å². The maximum Gasteiger partial charge on any atom is 0.415 e. The standard InChI is InChI=1S/C19H22FNO2/c1-14-6-5-7-15(12-14)13-21(18(22)23-19(2,3)4)17-10-8-16(20)9-11-17/h5-12H,13H2,1-4H3. The van der Waals surface area contributed by atoms with Gasteiger partial charge < -0.3 is 4.74 Å². The highest BCUT2D eigenvalue weighted by atomic mass is 19.1. The van der Waals surface area contributed by atoms with Crippen LogP contribution >= 0.6 is 0 Å². The van der Waals surface area contributed by atoms with Gasteiger partial charge in [-0.15, -0.1) is 0 Å². The average molecular weight is 315 g/mol. The molecule has 0 spiro atoms. The zero-order valence-electron chi connectivity index (χ0n) is 14.0. The van der Waals surface area contributed by atoms with Gasteiger partial charge in [0, 0.05) is 5.69 Å². The van der Waals surface area contributed by atoms with Crippen LogP contribution in [-0.4, -0.2) is 11.7 Å². The Morgan fingerprint density at radius 2 is 1.78 bits per heavy atom. The van der Waals surface area contributed by atoms with Crippen molar-refractivity contribution < 1.29 is 13.9 Å². The number of benzene rings is 2. The molecule has 122 valence electrons. The molecule has 0 fully saturated rings. The van der Waals surface area contributed by atoms with Gasteiger partial charge >= 0.3 is 6.09 Å². The van der Waals surface area contributed by atoms with Crippen molar-refractivity contribution >= 4 is 11.8 Å². The molecule has 0 radical (unpaired) electrons. The molecule has 2 aromatic carbocycles. The minimum atomic E-state index is -0.595. The molecule has 0 aromatic heterocycles. The minimum absolute atomic E-state index is 0.339. The van der Waals surface area contributed by atoms with Gasteiger partial charge in [0.15, 0.2) is 0 Å². The Kier molecular flexibility index (Phi) is 5.04. The molecule has 0 heterocycles. The number of hydrogen-bond donors (Lipinski definition) is 0. The molecule has 0 aliphatic carbocycles. The second-order valence-electron chi connectivity index (χ2n) is 6.53. The van der Waals surface area contributed by atoms with Crippen LogP contribution in [0.5, 0.6) is 0 Å². The van der Waals surface area contributed by atoms with Gasteiger partial charge in [0.05, 0.1) is 6.54 Å². The number of carbonyl (C=O) groups is 1. The first-order valence-electron chi connectivity index (χ1n) is 7.56. The molecule has 2 aromatic rings. The Bertz CT molecular complexity index is 675. The first kappa shape index (κ1) is 17.0. The number of anilines is 1. The first-order valence-corrected chi connectivity index (χ1v) is 7.56. The Balaban J connectivity index is 2.30. The molecule has 4 heteroatoms. The molecular weight excluding hydrogens is 293 g/mol. The molecular formula is C19H22FNO2. The van der Waals surface area contributed by atoms with Gasteiger partial charge in [-0.05, 0) is 57.5 Å². The third kappa shape index (κ3) is 5.09. The van der Waals surface area contributed by atoms with E-state index in [4.69, 9.17) is 4.74 Å². The summed E-state index contributed by atoms with van der Waals surface area (Å²) >= 11 is 0. The van der Waals surface area contributed by atoms with Crippen LogP contribution in [-0.2, 0) is 11.3 Å². The summed E-state index contributed by atoms with van der Waals surface area (Å²) in [5, 5.41) is 0. The monoisotopic (exact) mass is 315 g/mol. The van der Waals surface area contributed by atoms with E-state index in [2.05, 4.69) is 0 Å². The quantitative estimate of drug-likeness (QED) is 0.791. The number of hydrogen-bond acceptors (Lipinski definition) is 2. The van der Waals surface area contributed by atoms with Crippen molar-refractivity contribution in [3.63, 3.8) is 0 Å². The third-order valence-corrected chi connectivity index (χ3v) is 3.18. The van der Waals surface area contributed by atoms with Crippen LogP contribution in [0.25, 0.3) is 0 Å². The van der Waals surface area contributed by atoms with Crippen LogP contribution in [0.1, 0.15) is 31.9 Å². The van der Waals surface area contributed by atoms with Crippen LogP contribution < -0.4 is 4.90 Å². The number of halogens is 1. The Hall–Kier alpha value is -2.36. The summed E-state index contributed by atoms with van der Waals surface area (Å²) in [6.45, 7) is 7.82. The van der Waals surface area contributed by atoms with Crippen LogP contribution in [0.2, 0.25) is 0 Å². The van der Waals surface area contributed by atoms with E-state index in [1.54, 1.807) is 12.1 Å². The van der Waals surface area contributed by atoms with Crippen molar-refractivity contribution in [1.82, 2.24) is 0 Å². The summed E-state index contributed by atoms with van der Waals surface area (Å²) in [7, 11) is 0. The van der Waals surface area contributed by atoms with E-state index in [0.29, 0.717) is 12.2 Å². The highest BCUT2D eigenvalue weighted by molar-refractivity contribution is 5.87. The molecule has 0 saturated carbocycles. The molecule has 0 aliphatic heterocycles. The van der Waals surface area contributed by atoms with E-state index in [1.165, 1.54) is 17.0 Å². The van der Waals surface area contributed by atoms with Gasteiger partial charge in [-0.3, -0.25) is 4.90 Å². The molecule has 0 saturated heterocycles. The first-order chi connectivity index (χ1) is 10.7. The summed E-state index contributed by atoms with van der Waals surface area (Å²) in [6, 6.07) is 13.7. The molecule has 3 nitrogen and oxygen atoms in total. The van der Waals surface area contributed by atoms with Gasteiger partial charge in [0.25, 0.3) is 0 Å². The van der Waals surface area contributed by atoms with Gasteiger partial charge in [-0.2, -0.15) is 0 Å². The van der Waals surface area contributed by atoms with Crippen LogP contribution in [0, 0.1) is 12.7 Å². The summed E-state index contributed by atoms with van der Waals surface area (Å²) in [4.78, 5) is 14.1. The molecule has 1 amide bonds. The third-order valence-electron chi connectivity index (χ3n) is 3.18. The Labute approximate surface area is 136 Å². The van der Waals surface area contributed by atoms with Gasteiger partial charge in [0.1, 0.15) is 11.4 Å². The molecule has 0 unspecified atom stereocenters. The molecule has 0 atom stereocenters. The van der Waals surface area contributed by atoms with Gasteiger partial charge in [0.2, 0.25) is 0 Å². The molecule has 23 heavy (non-hydrogen) atoms. The highest BCUT2D eigenvalue weighted by Gasteiger charge is 2.23. The van der Waals surface area contributed by atoms with Crippen LogP contribution in [0.4, 0.5) is 14.9 Å². The second-order valence-corrected chi connectivity index (χ2v) is 6.53. The summed E-state index contributed by atoms with van der Waals surface area (Å²) in [5.74, 6) is -0.339. The van der Waals surface area contributed by atoms with Crippen LogP contribution in [0.15, 0.2) is 48.5 Å². The second kappa shape index (κ2) is 6.82. The summed E-state index contributed by atoms with van der Waals surface area (Å²) in [6.07, 6.45) is -0.453. The van der Waals surface area contributed by atoms with Crippen LogP contribution in [0.3, 0.4) is 0 Å². The number of ether oxygens (including phenoxy) is 1. The Morgan fingerprint density at radius 3 is 2.35 bits per heavy atom.